The summed E-state index contributed by atoms with van der Waals surface area (Å²) < 4.78 is 11.6. The molecular formula is C16H21NO3. The second-order valence-corrected chi connectivity index (χ2v) is 5.90. The summed E-state index contributed by atoms with van der Waals surface area (Å²) in [7, 11) is 0. The normalized spacial score (nSPS) is 22.2. The number of hydrogen-bond donors (Lipinski definition) is 0. The molecule has 1 heterocycles. The number of benzene rings is 1. The van der Waals surface area contributed by atoms with Crippen LogP contribution in [0.15, 0.2) is 24.3 Å². The minimum absolute atomic E-state index is 0.0869. The number of fused-ring (bicyclic) bond motifs is 1. The van der Waals surface area contributed by atoms with Gasteiger partial charge in [-0.2, -0.15) is 0 Å². The summed E-state index contributed by atoms with van der Waals surface area (Å²) in [5, 5.41) is 0. The van der Waals surface area contributed by atoms with Gasteiger partial charge in [0, 0.05) is 12.0 Å². The number of amides is 1. The lowest BCUT2D eigenvalue weighted by Crippen LogP contribution is -2.45. The summed E-state index contributed by atoms with van der Waals surface area (Å²) in [6, 6.07) is 7.66. The molecule has 0 saturated heterocycles. The highest BCUT2D eigenvalue weighted by Gasteiger charge is 2.47. The molecule has 0 spiro atoms. The molecule has 0 aromatic heterocycles. The van der Waals surface area contributed by atoms with E-state index >= 15 is 0 Å². The molecule has 108 valence electrons. The smallest absolute Gasteiger partial charge is 0.228 e. The van der Waals surface area contributed by atoms with E-state index in [2.05, 4.69) is 0 Å². The van der Waals surface area contributed by atoms with Gasteiger partial charge in [0.05, 0.1) is 6.54 Å². The van der Waals surface area contributed by atoms with E-state index in [4.69, 9.17) is 9.47 Å². The molecule has 3 rings (SSSR count). The predicted molar refractivity (Wildman–Crippen MR) is 75.9 cm³/mol. The average molecular weight is 275 g/mol. The van der Waals surface area contributed by atoms with Gasteiger partial charge in [-0.25, -0.2) is 0 Å². The Bertz CT molecular complexity index is 510. The fourth-order valence-corrected chi connectivity index (χ4v) is 2.54. The first-order chi connectivity index (χ1) is 9.62. The van der Waals surface area contributed by atoms with Gasteiger partial charge < -0.3 is 14.4 Å². The Hall–Kier alpha value is -1.71. The zero-order valence-corrected chi connectivity index (χ0v) is 12.1. The van der Waals surface area contributed by atoms with Crippen molar-refractivity contribution < 1.29 is 14.3 Å². The molecule has 1 fully saturated rings. The van der Waals surface area contributed by atoms with E-state index in [0.717, 1.165) is 30.9 Å². The van der Waals surface area contributed by atoms with Crippen LogP contribution in [0.5, 0.6) is 11.5 Å². The Balaban J connectivity index is 1.64. The third-order valence-electron chi connectivity index (χ3n) is 4.18. The zero-order chi connectivity index (χ0) is 14.2. The molecule has 0 N–H and O–H groups in total. The van der Waals surface area contributed by atoms with Crippen LogP contribution in [0.3, 0.4) is 0 Å². The molecule has 0 bridgehead atoms. The quantitative estimate of drug-likeness (QED) is 0.847. The van der Waals surface area contributed by atoms with E-state index in [0.29, 0.717) is 13.2 Å². The van der Waals surface area contributed by atoms with Crippen molar-refractivity contribution in [1.29, 1.82) is 0 Å². The summed E-state index contributed by atoms with van der Waals surface area (Å²) in [4.78, 5) is 14.3. The maximum atomic E-state index is 12.4. The highest BCUT2D eigenvalue weighted by Crippen LogP contribution is 2.46. The van der Waals surface area contributed by atoms with Gasteiger partial charge in [-0.1, -0.05) is 19.1 Å². The van der Waals surface area contributed by atoms with E-state index < -0.39 is 0 Å². The summed E-state index contributed by atoms with van der Waals surface area (Å²) >= 11 is 0. The van der Waals surface area contributed by atoms with Crippen LogP contribution < -0.4 is 9.47 Å². The summed E-state index contributed by atoms with van der Waals surface area (Å²) in [6.45, 7) is 5.87. The predicted octanol–water partition coefficient (Wildman–Crippen LogP) is 2.48. The number of hydrogen-bond acceptors (Lipinski definition) is 3. The van der Waals surface area contributed by atoms with Crippen LogP contribution in [-0.4, -0.2) is 36.6 Å². The van der Waals surface area contributed by atoms with Crippen LogP contribution in [0.25, 0.3) is 0 Å². The number of para-hydroxylation sites is 2. The van der Waals surface area contributed by atoms with E-state index in [1.54, 1.807) is 0 Å². The second kappa shape index (κ2) is 5.00. The number of ether oxygens (including phenoxy) is 2. The Morgan fingerprint density at radius 1 is 1.35 bits per heavy atom. The Morgan fingerprint density at radius 3 is 2.70 bits per heavy atom. The van der Waals surface area contributed by atoms with Crippen molar-refractivity contribution in [3.05, 3.63) is 24.3 Å². The molecule has 1 saturated carbocycles. The number of nitrogens with zero attached hydrogens (tertiary/aromatic N) is 1. The van der Waals surface area contributed by atoms with E-state index in [1.165, 1.54) is 0 Å². The molecule has 20 heavy (non-hydrogen) atoms. The van der Waals surface area contributed by atoms with Gasteiger partial charge in [-0.3, -0.25) is 4.79 Å². The molecule has 1 aromatic rings. The topological polar surface area (TPSA) is 38.8 Å². The molecule has 1 amide bonds. The van der Waals surface area contributed by atoms with Gasteiger partial charge in [-0.05, 0) is 31.9 Å². The first-order valence-corrected chi connectivity index (χ1v) is 7.30. The fourth-order valence-electron chi connectivity index (χ4n) is 2.54. The number of rotatable bonds is 4. The number of carbonyl (C=O) groups excluding carboxylic acids is 1. The lowest BCUT2D eigenvalue weighted by Gasteiger charge is -2.32. The van der Waals surface area contributed by atoms with Gasteiger partial charge in [0.1, 0.15) is 6.61 Å². The monoisotopic (exact) mass is 275 g/mol. The van der Waals surface area contributed by atoms with E-state index in [-0.39, 0.29) is 17.4 Å². The summed E-state index contributed by atoms with van der Waals surface area (Å²) in [5.74, 6) is 1.81. The highest BCUT2D eigenvalue weighted by atomic mass is 16.6. The lowest BCUT2D eigenvalue weighted by molar-refractivity contribution is -0.137. The van der Waals surface area contributed by atoms with Crippen molar-refractivity contribution in [1.82, 2.24) is 4.90 Å². The van der Waals surface area contributed by atoms with Crippen LogP contribution in [0.2, 0.25) is 0 Å². The molecule has 1 aliphatic heterocycles. The van der Waals surface area contributed by atoms with Gasteiger partial charge in [-0.15, -0.1) is 0 Å². The first-order valence-electron chi connectivity index (χ1n) is 7.30. The molecule has 1 atom stereocenters. The van der Waals surface area contributed by atoms with Crippen molar-refractivity contribution >= 4 is 5.91 Å². The SMILES string of the molecule is CCN(CC1COc2ccccc2O1)C(=O)C1(C)CC1. The van der Waals surface area contributed by atoms with Crippen LogP contribution in [0.1, 0.15) is 26.7 Å². The molecule has 2 aliphatic rings. The third kappa shape index (κ3) is 2.47. The number of carbonyl (C=O) groups is 1. The van der Waals surface area contributed by atoms with Crippen molar-refractivity contribution in [2.75, 3.05) is 19.7 Å². The zero-order valence-electron chi connectivity index (χ0n) is 12.1. The number of likely N-dealkylation sites (N-methyl/N-ethyl adjacent to an activating group) is 1. The minimum Gasteiger partial charge on any atom is -0.486 e. The van der Waals surface area contributed by atoms with Crippen LogP contribution >= 0.6 is 0 Å². The van der Waals surface area contributed by atoms with Crippen molar-refractivity contribution in [2.24, 2.45) is 5.41 Å². The summed E-state index contributed by atoms with van der Waals surface area (Å²) in [5.41, 5.74) is -0.122. The van der Waals surface area contributed by atoms with E-state index in [9.17, 15) is 4.79 Å². The lowest BCUT2D eigenvalue weighted by atomic mass is 10.1. The minimum atomic E-state index is -0.122. The van der Waals surface area contributed by atoms with Crippen molar-refractivity contribution in [3.63, 3.8) is 0 Å². The maximum absolute atomic E-state index is 12.4. The van der Waals surface area contributed by atoms with Gasteiger partial charge >= 0.3 is 0 Å². The molecular weight excluding hydrogens is 254 g/mol. The van der Waals surface area contributed by atoms with Crippen molar-refractivity contribution in [3.8, 4) is 11.5 Å². The average Bonchev–Trinajstić information content (AvgIpc) is 3.23. The first kappa shape index (κ1) is 13.3. The summed E-state index contributed by atoms with van der Waals surface area (Å²) in [6.07, 6.45) is 1.93. The Labute approximate surface area is 119 Å². The van der Waals surface area contributed by atoms with Gasteiger partial charge in [0.2, 0.25) is 5.91 Å². The second-order valence-electron chi connectivity index (χ2n) is 5.90. The standard InChI is InChI=1S/C16H21NO3/c1-3-17(15(18)16(2)8-9-16)10-12-11-19-13-6-4-5-7-14(13)20-12/h4-7,12H,3,8-11H2,1-2H3. The maximum Gasteiger partial charge on any atom is 0.228 e. The fraction of sp³-hybridized carbons (Fsp3) is 0.562. The van der Waals surface area contributed by atoms with E-state index in [1.807, 2.05) is 43.0 Å². The van der Waals surface area contributed by atoms with Crippen LogP contribution in [0.4, 0.5) is 0 Å². The third-order valence-corrected chi connectivity index (χ3v) is 4.18. The van der Waals surface area contributed by atoms with Gasteiger partial charge in [0.25, 0.3) is 0 Å². The Morgan fingerprint density at radius 2 is 2.05 bits per heavy atom. The van der Waals surface area contributed by atoms with Crippen LogP contribution in [-0.2, 0) is 4.79 Å². The van der Waals surface area contributed by atoms with Gasteiger partial charge in [0.15, 0.2) is 17.6 Å². The molecule has 1 unspecified atom stereocenters. The van der Waals surface area contributed by atoms with Crippen LogP contribution in [0, 0.1) is 5.41 Å². The Kier molecular flexibility index (Phi) is 3.32. The van der Waals surface area contributed by atoms with Crippen molar-refractivity contribution in [2.45, 2.75) is 32.8 Å². The highest BCUT2D eigenvalue weighted by molar-refractivity contribution is 5.84. The molecule has 0 radical (unpaired) electrons. The largest absolute Gasteiger partial charge is 0.486 e. The molecule has 1 aliphatic carbocycles. The molecule has 1 aromatic carbocycles. The molecule has 4 nitrogen and oxygen atoms in total. The molecule has 4 heteroatoms.